The Labute approximate surface area is 219 Å². The molecule has 0 radical (unpaired) electrons. The molecular weight excluding hydrogens is 470 g/mol. The van der Waals surface area contributed by atoms with Gasteiger partial charge in [-0.25, -0.2) is 14.6 Å². The van der Waals surface area contributed by atoms with Gasteiger partial charge in [-0.1, -0.05) is 0 Å². The number of pyridine rings is 1. The van der Waals surface area contributed by atoms with Gasteiger partial charge in [-0.2, -0.15) is 0 Å². The van der Waals surface area contributed by atoms with Crippen LogP contribution in [-0.2, 0) is 4.74 Å². The van der Waals surface area contributed by atoms with Crippen molar-refractivity contribution in [2.24, 2.45) is 0 Å². The van der Waals surface area contributed by atoms with E-state index in [9.17, 15) is 9.59 Å². The monoisotopic (exact) mass is 511 g/mol. The number of nitrogens with one attached hydrogen (secondary N) is 1. The predicted molar refractivity (Wildman–Crippen MR) is 141 cm³/mol. The fourth-order valence-electron chi connectivity index (χ4n) is 6.04. The largest absolute Gasteiger partial charge is 0.474 e. The summed E-state index contributed by atoms with van der Waals surface area (Å²) in [6.07, 6.45) is 15.0. The molecular formula is C28H41N5O4. The molecule has 0 spiro atoms. The number of ether oxygens (including phenoxy) is 2. The van der Waals surface area contributed by atoms with Gasteiger partial charge in [0.05, 0.1) is 11.9 Å². The first-order valence-electron chi connectivity index (χ1n) is 13.9. The van der Waals surface area contributed by atoms with Crippen LogP contribution in [0.25, 0.3) is 5.69 Å². The zero-order valence-electron chi connectivity index (χ0n) is 22.4. The van der Waals surface area contributed by atoms with Crippen LogP contribution < -0.4 is 15.7 Å². The summed E-state index contributed by atoms with van der Waals surface area (Å²) in [7, 11) is 0. The van der Waals surface area contributed by atoms with Crippen molar-refractivity contribution in [2.45, 2.75) is 108 Å². The SMILES string of the molecule is CC(C)(C)OC(=O)NC1CCN(C2CCC(n3ccn(-c4ccc(OC5CCCC5)nc4)c3=O)CC2)C1. The maximum Gasteiger partial charge on any atom is 0.407 e. The van der Waals surface area contributed by atoms with Gasteiger partial charge < -0.3 is 14.8 Å². The first-order valence-corrected chi connectivity index (χ1v) is 13.9. The van der Waals surface area contributed by atoms with Crippen LogP contribution in [0.2, 0.25) is 0 Å². The highest BCUT2D eigenvalue weighted by Crippen LogP contribution is 2.32. The molecule has 2 saturated carbocycles. The second-order valence-electron chi connectivity index (χ2n) is 11.8. The molecule has 1 atom stereocenters. The lowest BCUT2D eigenvalue weighted by atomic mass is 9.90. The fourth-order valence-corrected chi connectivity index (χ4v) is 6.04. The fraction of sp³-hybridized carbons (Fsp3) is 0.679. The van der Waals surface area contributed by atoms with Crippen LogP contribution in [0.5, 0.6) is 5.88 Å². The van der Waals surface area contributed by atoms with Gasteiger partial charge in [0.2, 0.25) is 5.88 Å². The zero-order valence-corrected chi connectivity index (χ0v) is 22.4. The molecule has 9 heteroatoms. The average molecular weight is 512 g/mol. The lowest BCUT2D eigenvalue weighted by Gasteiger charge is -2.35. The number of rotatable bonds is 6. The highest BCUT2D eigenvalue weighted by Gasteiger charge is 2.33. The van der Waals surface area contributed by atoms with E-state index in [1.807, 2.05) is 49.9 Å². The van der Waals surface area contributed by atoms with E-state index < -0.39 is 5.60 Å². The van der Waals surface area contributed by atoms with Crippen LogP contribution in [-0.4, -0.2) is 62.0 Å². The molecule has 1 saturated heterocycles. The van der Waals surface area contributed by atoms with Crippen LogP contribution in [0.3, 0.4) is 0 Å². The van der Waals surface area contributed by atoms with Crippen molar-refractivity contribution >= 4 is 6.09 Å². The summed E-state index contributed by atoms with van der Waals surface area (Å²) in [6, 6.07) is 4.61. The molecule has 9 nitrogen and oxygen atoms in total. The van der Waals surface area contributed by atoms with Crippen molar-refractivity contribution in [3.63, 3.8) is 0 Å². The Bertz CT molecular complexity index is 1100. The summed E-state index contributed by atoms with van der Waals surface area (Å²) in [4.78, 5) is 32.3. The van der Waals surface area contributed by atoms with Gasteiger partial charge >= 0.3 is 11.8 Å². The molecule has 37 heavy (non-hydrogen) atoms. The summed E-state index contributed by atoms with van der Waals surface area (Å²) in [5.74, 6) is 0.631. The molecule has 2 aromatic rings. The Morgan fingerprint density at radius 2 is 1.73 bits per heavy atom. The first-order chi connectivity index (χ1) is 17.7. The number of imidazole rings is 1. The molecule has 0 aromatic carbocycles. The normalized spacial score (nSPS) is 25.3. The molecule has 1 N–H and O–H groups in total. The van der Waals surface area contributed by atoms with Gasteiger partial charge in [0.1, 0.15) is 11.7 Å². The minimum atomic E-state index is -0.485. The van der Waals surface area contributed by atoms with Gasteiger partial charge in [0, 0.05) is 49.7 Å². The summed E-state index contributed by atoms with van der Waals surface area (Å²) >= 11 is 0. The third kappa shape index (κ3) is 6.37. The molecule has 5 rings (SSSR count). The molecule has 3 heterocycles. The topological polar surface area (TPSA) is 90.6 Å². The third-order valence-electron chi connectivity index (χ3n) is 7.91. The van der Waals surface area contributed by atoms with Crippen LogP contribution >= 0.6 is 0 Å². The number of carbonyl (C=O) groups is 1. The smallest absolute Gasteiger partial charge is 0.407 e. The van der Waals surface area contributed by atoms with Gasteiger partial charge in [-0.3, -0.25) is 14.0 Å². The van der Waals surface area contributed by atoms with Gasteiger partial charge in [0.25, 0.3) is 0 Å². The lowest BCUT2D eigenvalue weighted by molar-refractivity contribution is 0.0503. The average Bonchev–Trinajstić information content (AvgIpc) is 3.61. The van der Waals surface area contributed by atoms with Crippen molar-refractivity contribution < 1.29 is 14.3 Å². The lowest BCUT2D eigenvalue weighted by Crippen LogP contribution is -2.43. The number of nitrogens with zero attached hydrogens (tertiary/aromatic N) is 4. The molecule has 3 fully saturated rings. The summed E-state index contributed by atoms with van der Waals surface area (Å²) in [5.41, 5.74) is 0.260. The van der Waals surface area contributed by atoms with E-state index in [-0.39, 0.29) is 30.0 Å². The van der Waals surface area contributed by atoms with Crippen molar-refractivity contribution in [3.8, 4) is 11.6 Å². The third-order valence-corrected chi connectivity index (χ3v) is 7.91. The maximum atomic E-state index is 13.2. The summed E-state index contributed by atoms with van der Waals surface area (Å²) < 4.78 is 14.9. The van der Waals surface area contributed by atoms with E-state index >= 15 is 0 Å². The number of hydrogen-bond acceptors (Lipinski definition) is 6. The molecule has 1 amide bonds. The molecule has 1 unspecified atom stereocenters. The highest BCUT2D eigenvalue weighted by atomic mass is 16.6. The second kappa shape index (κ2) is 10.9. The van der Waals surface area contributed by atoms with Crippen LogP contribution in [0.15, 0.2) is 35.5 Å². The molecule has 2 aliphatic carbocycles. The molecule has 202 valence electrons. The quantitative estimate of drug-likeness (QED) is 0.617. The van der Waals surface area contributed by atoms with E-state index in [1.54, 1.807) is 10.8 Å². The van der Waals surface area contributed by atoms with Crippen molar-refractivity contribution in [1.29, 1.82) is 0 Å². The van der Waals surface area contributed by atoms with Crippen molar-refractivity contribution in [2.75, 3.05) is 13.1 Å². The van der Waals surface area contributed by atoms with E-state index in [2.05, 4.69) is 15.2 Å². The highest BCUT2D eigenvalue weighted by molar-refractivity contribution is 5.68. The second-order valence-corrected chi connectivity index (χ2v) is 11.8. The maximum absolute atomic E-state index is 13.2. The van der Waals surface area contributed by atoms with Crippen molar-refractivity contribution in [1.82, 2.24) is 24.3 Å². The number of amides is 1. The van der Waals surface area contributed by atoms with Crippen molar-refractivity contribution in [3.05, 3.63) is 41.2 Å². The Kier molecular flexibility index (Phi) is 7.60. The van der Waals surface area contributed by atoms with Crippen LogP contribution in [0.1, 0.15) is 84.6 Å². The summed E-state index contributed by atoms with van der Waals surface area (Å²) in [5, 5.41) is 3.02. The summed E-state index contributed by atoms with van der Waals surface area (Å²) in [6.45, 7) is 7.48. The van der Waals surface area contributed by atoms with E-state index in [1.165, 1.54) is 12.8 Å². The number of carbonyl (C=O) groups excluding carboxylic acids is 1. The number of hydrogen-bond donors (Lipinski definition) is 1. The predicted octanol–water partition coefficient (Wildman–Crippen LogP) is 4.44. The van der Waals surface area contributed by atoms with Crippen LogP contribution in [0.4, 0.5) is 4.79 Å². The van der Waals surface area contributed by atoms with Crippen LogP contribution in [0, 0.1) is 0 Å². The number of likely N-dealkylation sites (tertiary alicyclic amines) is 1. The van der Waals surface area contributed by atoms with Gasteiger partial charge in [0.15, 0.2) is 0 Å². The van der Waals surface area contributed by atoms with E-state index in [4.69, 9.17) is 9.47 Å². The van der Waals surface area contributed by atoms with E-state index in [0.29, 0.717) is 11.9 Å². The van der Waals surface area contributed by atoms with E-state index in [0.717, 1.165) is 63.7 Å². The zero-order chi connectivity index (χ0) is 26.0. The first kappa shape index (κ1) is 25.8. The molecule has 2 aromatic heterocycles. The number of aromatic nitrogens is 3. The minimum Gasteiger partial charge on any atom is -0.474 e. The molecule has 3 aliphatic rings. The Morgan fingerprint density at radius 1 is 1.00 bits per heavy atom. The standard InChI is InChI=1S/C28H41N5O4/c1-28(2,3)37-26(34)30-20-14-15-31(19-20)21-8-10-22(11-9-21)32-16-17-33(27(32)35)23-12-13-25(29-18-23)36-24-6-4-5-7-24/h12-13,16-18,20-22,24H,4-11,14-15,19H2,1-3H3,(H,30,34). The molecule has 1 aliphatic heterocycles. The van der Waals surface area contributed by atoms with Gasteiger partial charge in [-0.15, -0.1) is 0 Å². The Hall–Kier alpha value is -2.81. The Morgan fingerprint density at radius 3 is 2.41 bits per heavy atom. The minimum absolute atomic E-state index is 0.0162. The molecule has 0 bridgehead atoms. The van der Waals surface area contributed by atoms with Gasteiger partial charge in [-0.05, 0) is 84.6 Å². The number of alkyl carbamates (subject to hydrolysis) is 1. The Balaban J connectivity index is 1.12.